The molecule has 2 fully saturated rings. The summed E-state index contributed by atoms with van der Waals surface area (Å²) in [4.78, 5) is 28.9. The van der Waals surface area contributed by atoms with E-state index in [4.69, 9.17) is 19.0 Å². The average molecular weight is 479 g/mol. The molecule has 35 heavy (non-hydrogen) atoms. The first kappa shape index (κ1) is 22.7. The van der Waals surface area contributed by atoms with E-state index in [0.29, 0.717) is 82.0 Å². The summed E-state index contributed by atoms with van der Waals surface area (Å²) in [6.07, 6.45) is 1.53. The van der Waals surface area contributed by atoms with Gasteiger partial charge >= 0.3 is 5.97 Å². The standard InChI is InChI=1S/C23H25N7O5/c31-20(32)17-3-1-16(2-4-17)19-6-5-18(35-19)15-24-28-21-25-22(29-7-11-33-12-8-29)27-23(26-21)30-9-13-34-14-10-30/h1-6,15H,7-14H2,(H,31,32)(H,25,26,27,28). The van der Waals surface area contributed by atoms with Gasteiger partial charge in [0.25, 0.3) is 0 Å². The number of nitrogens with zero attached hydrogens (tertiary/aromatic N) is 6. The van der Waals surface area contributed by atoms with Gasteiger partial charge in [0.15, 0.2) is 0 Å². The fourth-order valence-electron chi connectivity index (χ4n) is 3.72. The third-order valence-electron chi connectivity index (χ3n) is 5.60. The van der Waals surface area contributed by atoms with Gasteiger partial charge in [0, 0.05) is 31.7 Å². The summed E-state index contributed by atoms with van der Waals surface area (Å²) in [6, 6.07) is 10.0. The highest BCUT2D eigenvalue weighted by Gasteiger charge is 2.20. The van der Waals surface area contributed by atoms with Gasteiger partial charge in [-0.05, 0) is 24.3 Å². The molecule has 0 bridgehead atoms. The summed E-state index contributed by atoms with van der Waals surface area (Å²) >= 11 is 0. The van der Waals surface area contributed by atoms with Crippen molar-refractivity contribution in [3.63, 3.8) is 0 Å². The SMILES string of the molecule is O=C(O)c1ccc(-c2ccc(C=NNc3nc(N4CCOCC4)nc(N4CCOCC4)n3)o2)cc1. The number of hydrogen-bond donors (Lipinski definition) is 2. The lowest BCUT2D eigenvalue weighted by Crippen LogP contribution is -2.40. The molecule has 0 unspecified atom stereocenters. The van der Waals surface area contributed by atoms with Gasteiger partial charge in [-0.1, -0.05) is 12.1 Å². The molecule has 12 nitrogen and oxygen atoms in total. The molecule has 0 radical (unpaired) electrons. The number of rotatable bonds is 7. The molecular weight excluding hydrogens is 454 g/mol. The van der Waals surface area contributed by atoms with E-state index < -0.39 is 5.97 Å². The number of hydrogen-bond acceptors (Lipinski definition) is 11. The van der Waals surface area contributed by atoms with Crippen LogP contribution >= 0.6 is 0 Å². The van der Waals surface area contributed by atoms with Crippen molar-refractivity contribution in [2.75, 3.05) is 67.8 Å². The molecule has 0 amide bonds. The van der Waals surface area contributed by atoms with Crippen molar-refractivity contribution >= 4 is 30.0 Å². The van der Waals surface area contributed by atoms with Gasteiger partial charge in [-0.2, -0.15) is 20.1 Å². The summed E-state index contributed by atoms with van der Waals surface area (Å²) in [5.41, 5.74) is 3.88. The highest BCUT2D eigenvalue weighted by atomic mass is 16.5. The molecule has 1 aromatic carbocycles. The molecule has 2 aliphatic heterocycles. The lowest BCUT2D eigenvalue weighted by atomic mass is 10.1. The van der Waals surface area contributed by atoms with Crippen molar-refractivity contribution in [3.8, 4) is 11.3 Å². The van der Waals surface area contributed by atoms with E-state index in [-0.39, 0.29) is 5.56 Å². The number of aromatic nitrogens is 3. The van der Waals surface area contributed by atoms with E-state index in [1.165, 1.54) is 18.3 Å². The fourth-order valence-corrected chi connectivity index (χ4v) is 3.72. The predicted octanol–water partition coefficient (Wildman–Crippen LogP) is 1.95. The Kier molecular flexibility index (Phi) is 6.82. The molecule has 2 saturated heterocycles. The van der Waals surface area contributed by atoms with Crippen LogP contribution in [0.3, 0.4) is 0 Å². The maximum Gasteiger partial charge on any atom is 0.335 e. The lowest BCUT2D eigenvalue weighted by Gasteiger charge is -2.30. The number of aromatic carboxylic acids is 1. The molecular formula is C23H25N7O5. The van der Waals surface area contributed by atoms with Crippen molar-refractivity contribution in [2.45, 2.75) is 0 Å². The highest BCUT2D eigenvalue weighted by molar-refractivity contribution is 5.88. The largest absolute Gasteiger partial charge is 0.478 e. The fraction of sp³-hybridized carbons (Fsp3) is 0.348. The number of furan rings is 1. The van der Waals surface area contributed by atoms with E-state index in [1.807, 2.05) is 0 Å². The first-order valence-electron chi connectivity index (χ1n) is 11.3. The smallest absolute Gasteiger partial charge is 0.335 e. The van der Waals surface area contributed by atoms with Gasteiger partial charge in [-0.3, -0.25) is 0 Å². The number of benzene rings is 1. The maximum absolute atomic E-state index is 11.0. The van der Waals surface area contributed by atoms with E-state index in [2.05, 4.69) is 35.3 Å². The Balaban J connectivity index is 1.31. The minimum absolute atomic E-state index is 0.219. The summed E-state index contributed by atoms with van der Waals surface area (Å²) in [7, 11) is 0. The van der Waals surface area contributed by atoms with Crippen LogP contribution in [0.2, 0.25) is 0 Å². The van der Waals surface area contributed by atoms with Crippen LogP contribution in [0.25, 0.3) is 11.3 Å². The monoisotopic (exact) mass is 479 g/mol. The van der Waals surface area contributed by atoms with Crippen LogP contribution in [0, 0.1) is 0 Å². The number of carboxylic acid groups (broad SMARTS) is 1. The molecule has 0 saturated carbocycles. The number of anilines is 3. The van der Waals surface area contributed by atoms with Gasteiger partial charge < -0.3 is 28.8 Å². The zero-order chi connectivity index (χ0) is 24.0. The molecule has 0 spiro atoms. The van der Waals surface area contributed by atoms with Crippen molar-refractivity contribution in [1.29, 1.82) is 0 Å². The third-order valence-corrected chi connectivity index (χ3v) is 5.60. The predicted molar refractivity (Wildman–Crippen MR) is 128 cm³/mol. The molecule has 0 atom stereocenters. The molecule has 12 heteroatoms. The van der Waals surface area contributed by atoms with Crippen molar-refractivity contribution in [2.24, 2.45) is 5.10 Å². The second-order valence-electron chi connectivity index (χ2n) is 7.91. The molecule has 2 aromatic heterocycles. The van der Waals surface area contributed by atoms with E-state index in [1.54, 1.807) is 24.3 Å². The molecule has 2 N–H and O–H groups in total. The number of hydrazone groups is 1. The molecule has 2 aliphatic rings. The highest BCUT2D eigenvalue weighted by Crippen LogP contribution is 2.22. The Morgan fingerprint density at radius 2 is 1.49 bits per heavy atom. The van der Waals surface area contributed by atoms with Crippen molar-refractivity contribution in [1.82, 2.24) is 15.0 Å². The number of ether oxygens (including phenoxy) is 2. The summed E-state index contributed by atoms with van der Waals surface area (Å²) < 4.78 is 16.7. The van der Waals surface area contributed by atoms with E-state index in [0.717, 1.165) is 5.56 Å². The molecule has 182 valence electrons. The van der Waals surface area contributed by atoms with Crippen LogP contribution in [0.4, 0.5) is 17.8 Å². The first-order valence-corrected chi connectivity index (χ1v) is 11.3. The first-order chi connectivity index (χ1) is 17.2. The van der Waals surface area contributed by atoms with Crippen LogP contribution in [0.5, 0.6) is 0 Å². The second-order valence-corrected chi connectivity index (χ2v) is 7.91. The number of carbonyl (C=O) groups is 1. The Hall–Kier alpha value is -4.03. The van der Waals surface area contributed by atoms with Gasteiger partial charge in [0.05, 0.1) is 38.2 Å². The number of morpholine rings is 2. The molecule has 5 rings (SSSR count). The average Bonchev–Trinajstić information content (AvgIpc) is 3.38. The lowest BCUT2D eigenvalue weighted by molar-refractivity contribution is 0.0697. The quantitative estimate of drug-likeness (QED) is 0.380. The Morgan fingerprint density at radius 1 is 0.886 bits per heavy atom. The zero-order valence-corrected chi connectivity index (χ0v) is 19.0. The molecule has 3 aromatic rings. The van der Waals surface area contributed by atoms with Crippen molar-refractivity contribution in [3.05, 3.63) is 47.7 Å². The van der Waals surface area contributed by atoms with Crippen LogP contribution in [0.15, 0.2) is 45.9 Å². The summed E-state index contributed by atoms with van der Waals surface area (Å²) in [5, 5.41) is 13.3. The zero-order valence-electron chi connectivity index (χ0n) is 19.0. The van der Waals surface area contributed by atoms with Gasteiger partial charge in [-0.25, -0.2) is 10.2 Å². The van der Waals surface area contributed by atoms with Crippen LogP contribution in [-0.4, -0.2) is 84.8 Å². The van der Waals surface area contributed by atoms with Crippen molar-refractivity contribution < 1.29 is 23.8 Å². The van der Waals surface area contributed by atoms with Gasteiger partial charge in [0.1, 0.15) is 11.5 Å². The Bertz CT molecular complexity index is 1150. The minimum atomic E-state index is -0.971. The maximum atomic E-state index is 11.0. The van der Waals surface area contributed by atoms with Gasteiger partial charge in [-0.15, -0.1) is 0 Å². The van der Waals surface area contributed by atoms with E-state index in [9.17, 15) is 4.79 Å². The van der Waals surface area contributed by atoms with Gasteiger partial charge in [0.2, 0.25) is 17.8 Å². The normalized spacial score (nSPS) is 16.6. The number of carboxylic acids is 1. The van der Waals surface area contributed by atoms with Crippen LogP contribution in [-0.2, 0) is 9.47 Å². The molecule has 0 aliphatic carbocycles. The topological polar surface area (TPSA) is 138 Å². The minimum Gasteiger partial charge on any atom is -0.478 e. The van der Waals surface area contributed by atoms with E-state index >= 15 is 0 Å². The van der Waals surface area contributed by atoms with Crippen LogP contribution < -0.4 is 15.2 Å². The second kappa shape index (κ2) is 10.5. The Morgan fingerprint density at radius 3 is 2.06 bits per heavy atom. The molecule has 4 heterocycles. The summed E-state index contributed by atoms with van der Waals surface area (Å²) in [6.45, 7) is 5.32. The summed E-state index contributed by atoms with van der Waals surface area (Å²) in [5.74, 6) is 1.63. The third kappa shape index (κ3) is 5.55. The Labute approximate surface area is 201 Å². The van der Waals surface area contributed by atoms with Crippen LogP contribution in [0.1, 0.15) is 16.1 Å². The number of nitrogens with one attached hydrogen (secondary N) is 1.